The third kappa shape index (κ3) is 5.92. The van der Waals surface area contributed by atoms with Gasteiger partial charge in [0.1, 0.15) is 6.61 Å². The molecule has 0 aliphatic heterocycles. The van der Waals surface area contributed by atoms with Gasteiger partial charge in [0.05, 0.1) is 6.10 Å². The Kier molecular flexibility index (Phi) is 6.37. The SMILES string of the molecule is C#CCCC(O)CNC(=O)OCc1ccccc1. The van der Waals surface area contributed by atoms with Crippen molar-refractivity contribution in [3.63, 3.8) is 0 Å². The number of amides is 1. The fourth-order valence-corrected chi connectivity index (χ4v) is 1.33. The number of carbonyl (C=O) groups excluding carboxylic acids is 1. The van der Waals surface area contributed by atoms with Gasteiger partial charge in [-0.2, -0.15) is 0 Å². The number of aliphatic hydroxyl groups is 1. The van der Waals surface area contributed by atoms with Crippen molar-refractivity contribution >= 4 is 6.09 Å². The van der Waals surface area contributed by atoms with E-state index in [9.17, 15) is 9.90 Å². The molecule has 4 heteroatoms. The molecule has 2 N–H and O–H groups in total. The first kappa shape index (κ1) is 14.1. The lowest BCUT2D eigenvalue weighted by atomic mass is 10.2. The normalized spacial score (nSPS) is 11.3. The van der Waals surface area contributed by atoms with Crippen molar-refractivity contribution in [2.75, 3.05) is 6.54 Å². The monoisotopic (exact) mass is 247 g/mol. The molecule has 0 heterocycles. The Bertz CT molecular complexity index is 397. The maximum Gasteiger partial charge on any atom is 0.407 e. The van der Waals surface area contributed by atoms with Gasteiger partial charge in [-0.3, -0.25) is 0 Å². The van der Waals surface area contributed by atoms with E-state index >= 15 is 0 Å². The number of carbonyl (C=O) groups is 1. The highest BCUT2D eigenvalue weighted by molar-refractivity contribution is 5.67. The summed E-state index contributed by atoms with van der Waals surface area (Å²) in [5.74, 6) is 2.43. The number of benzene rings is 1. The summed E-state index contributed by atoms with van der Waals surface area (Å²) in [6.45, 7) is 0.364. The lowest BCUT2D eigenvalue weighted by Gasteiger charge is -2.10. The van der Waals surface area contributed by atoms with Gasteiger partial charge in [-0.05, 0) is 12.0 Å². The molecule has 0 aliphatic carbocycles. The second kappa shape index (κ2) is 8.15. The number of terminal acetylenes is 1. The van der Waals surface area contributed by atoms with E-state index in [1.807, 2.05) is 30.3 Å². The first-order chi connectivity index (χ1) is 8.72. The van der Waals surface area contributed by atoms with Gasteiger partial charge in [-0.15, -0.1) is 12.3 Å². The highest BCUT2D eigenvalue weighted by Crippen LogP contribution is 2.00. The summed E-state index contributed by atoms with van der Waals surface area (Å²) in [5.41, 5.74) is 0.917. The molecule has 0 aliphatic rings. The molecule has 0 spiro atoms. The fraction of sp³-hybridized carbons (Fsp3) is 0.357. The van der Waals surface area contributed by atoms with Crippen LogP contribution in [0.15, 0.2) is 30.3 Å². The molecule has 0 saturated heterocycles. The second-order valence-electron chi connectivity index (χ2n) is 3.84. The number of aliphatic hydroxyl groups excluding tert-OH is 1. The van der Waals surface area contributed by atoms with Crippen LogP contribution < -0.4 is 5.32 Å². The van der Waals surface area contributed by atoms with Gasteiger partial charge in [0.15, 0.2) is 0 Å². The van der Waals surface area contributed by atoms with Crippen LogP contribution in [0.3, 0.4) is 0 Å². The van der Waals surface area contributed by atoms with Gasteiger partial charge < -0.3 is 15.2 Å². The van der Waals surface area contributed by atoms with Crippen LogP contribution in [-0.4, -0.2) is 23.8 Å². The van der Waals surface area contributed by atoms with Gasteiger partial charge in [0.2, 0.25) is 0 Å². The van der Waals surface area contributed by atoms with E-state index in [1.54, 1.807) is 0 Å². The molecule has 1 unspecified atom stereocenters. The van der Waals surface area contributed by atoms with Gasteiger partial charge in [0, 0.05) is 13.0 Å². The smallest absolute Gasteiger partial charge is 0.407 e. The molecule has 1 atom stereocenters. The van der Waals surface area contributed by atoms with E-state index in [0.29, 0.717) is 12.8 Å². The summed E-state index contributed by atoms with van der Waals surface area (Å²) in [7, 11) is 0. The molecule has 96 valence electrons. The molecule has 0 radical (unpaired) electrons. The number of nitrogens with one attached hydrogen (secondary N) is 1. The Morgan fingerprint density at radius 2 is 2.17 bits per heavy atom. The number of rotatable bonds is 6. The van der Waals surface area contributed by atoms with Crippen LogP contribution in [-0.2, 0) is 11.3 Å². The highest BCUT2D eigenvalue weighted by atomic mass is 16.5. The minimum absolute atomic E-state index is 0.148. The minimum Gasteiger partial charge on any atom is -0.445 e. The Morgan fingerprint density at radius 3 is 2.83 bits per heavy atom. The average Bonchev–Trinajstić information content (AvgIpc) is 2.41. The Labute approximate surface area is 107 Å². The molecular formula is C14H17NO3. The maximum atomic E-state index is 11.3. The molecule has 18 heavy (non-hydrogen) atoms. The maximum absolute atomic E-state index is 11.3. The molecule has 4 nitrogen and oxygen atoms in total. The van der Waals surface area contributed by atoms with Gasteiger partial charge in [-0.1, -0.05) is 30.3 Å². The summed E-state index contributed by atoms with van der Waals surface area (Å²) >= 11 is 0. The van der Waals surface area contributed by atoms with Crippen molar-refractivity contribution < 1.29 is 14.6 Å². The molecule has 0 aromatic heterocycles. The molecular weight excluding hydrogens is 230 g/mol. The van der Waals surface area contributed by atoms with Crippen molar-refractivity contribution in [3.8, 4) is 12.3 Å². The van der Waals surface area contributed by atoms with Crippen molar-refractivity contribution in [1.82, 2.24) is 5.32 Å². The predicted octanol–water partition coefficient (Wildman–Crippen LogP) is 1.69. The molecule has 0 saturated carbocycles. The molecule has 1 aromatic rings. The van der Waals surface area contributed by atoms with E-state index in [1.165, 1.54) is 0 Å². The lowest BCUT2D eigenvalue weighted by Crippen LogP contribution is -2.32. The highest BCUT2D eigenvalue weighted by Gasteiger charge is 2.07. The first-order valence-corrected chi connectivity index (χ1v) is 5.78. The summed E-state index contributed by atoms with van der Waals surface area (Å²) < 4.78 is 4.98. The summed E-state index contributed by atoms with van der Waals surface area (Å²) in [6.07, 6.45) is 4.85. The van der Waals surface area contributed by atoms with Crippen molar-refractivity contribution in [2.45, 2.75) is 25.6 Å². The number of hydrogen-bond donors (Lipinski definition) is 2. The first-order valence-electron chi connectivity index (χ1n) is 5.78. The molecule has 0 bridgehead atoms. The van der Waals surface area contributed by atoms with E-state index in [2.05, 4.69) is 11.2 Å². The van der Waals surface area contributed by atoms with Crippen LogP contribution in [0, 0.1) is 12.3 Å². The van der Waals surface area contributed by atoms with E-state index < -0.39 is 12.2 Å². The lowest BCUT2D eigenvalue weighted by molar-refractivity contribution is 0.123. The molecule has 1 rings (SSSR count). The molecule has 0 fully saturated rings. The largest absolute Gasteiger partial charge is 0.445 e. The predicted molar refractivity (Wildman–Crippen MR) is 68.7 cm³/mol. The van der Waals surface area contributed by atoms with Crippen LogP contribution in [0.1, 0.15) is 18.4 Å². The standard InChI is InChI=1S/C14H17NO3/c1-2-3-9-13(16)10-15-14(17)18-11-12-7-5-4-6-8-12/h1,4-8,13,16H,3,9-11H2,(H,15,17). The van der Waals surface area contributed by atoms with Gasteiger partial charge >= 0.3 is 6.09 Å². The topological polar surface area (TPSA) is 58.6 Å². The van der Waals surface area contributed by atoms with Crippen LogP contribution in [0.5, 0.6) is 0 Å². The number of hydrogen-bond acceptors (Lipinski definition) is 3. The minimum atomic E-state index is -0.634. The molecule has 1 amide bonds. The van der Waals surface area contributed by atoms with E-state index in [-0.39, 0.29) is 13.2 Å². The molecule has 1 aromatic carbocycles. The van der Waals surface area contributed by atoms with Gasteiger partial charge in [0.25, 0.3) is 0 Å². The third-order valence-electron chi connectivity index (χ3n) is 2.32. The second-order valence-corrected chi connectivity index (χ2v) is 3.84. The zero-order valence-electron chi connectivity index (χ0n) is 10.1. The number of alkyl carbamates (subject to hydrolysis) is 1. The van der Waals surface area contributed by atoms with E-state index in [0.717, 1.165) is 5.56 Å². The Balaban J connectivity index is 2.16. The third-order valence-corrected chi connectivity index (χ3v) is 2.32. The van der Waals surface area contributed by atoms with Crippen LogP contribution in [0.2, 0.25) is 0 Å². The van der Waals surface area contributed by atoms with Gasteiger partial charge in [-0.25, -0.2) is 4.79 Å². The van der Waals surface area contributed by atoms with Crippen molar-refractivity contribution in [3.05, 3.63) is 35.9 Å². The fourth-order valence-electron chi connectivity index (χ4n) is 1.33. The van der Waals surface area contributed by atoms with Crippen LogP contribution in [0.4, 0.5) is 4.79 Å². The summed E-state index contributed by atoms with van der Waals surface area (Å²) in [6, 6.07) is 9.38. The Morgan fingerprint density at radius 1 is 1.44 bits per heavy atom. The Hall–Kier alpha value is -1.99. The van der Waals surface area contributed by atoms with Crippen molar-refractivity contribution in [1.29, 1.82) is 0 Å². The van der Waals surface area contributed by atoms with Crippen LogP contribution in [0.25, 0.3) is 0 Å². The summed E-state index contributed by atoms with van der Waals surface area (Å²) in [5, 5.41) is 11.9. The average molecular weight is 247 g/mol. The zero-order chi connectivity index (χ0) is 13.2. The summed E-state index contributed by atoms with van der Waals surface area (Å²) in [4.78, 5) is 11.3. The van der Waals surface area contributed by atoms with Crippen LogP contribution >= 0.6 is 0 Å². The quantitative estimate of drug-likeness (QED) is 0.752. The number of ether oxygens (including phenoxy) is 1. The van der Waals surface area contributed by atoms with Crippen molar-refractivity contribution in [2.24, 2.45) is 0 Å². The van der Waals surface area contributed by atoms with E-state index in [4.69, 9.17) is 11.2 Å². The zero-order valence-corrected chi connectivity index (χ0v) is 10.1.